The number of halogens is 1. The maximum Gasteiger partial charge on any atom is 0.264 e. The van der Waals surface area contributed by atoms with Gasteiger partial charge in [0, 0.05) is 6.54 Å². The third-order valence-corrected chi connectivity index (χ3v) is 5.12. The smallest absolute Gasteiger partial charge is 0.264 e. The highest BCUT2D eigenvalue weighted by atomic mass is 32.2. The Bertz CT molecular complexity index is 713. The van der Waals surface area contributed by atoms with Crippen molar-refractivity contribution >= 4 is 15.7 Å². The lowest BCUT2D eigenvalue weighted by Crippen LogP contribution is -2.32. The van der Waals surface area contributed by atoms with Gasteiger partial charge in [-0.1, -0.05) is 30.3 Å². The summed E-state index contributed by atoms with van der Waals surface area (Å²) in [5.41, 5.74) is 0.709. The summed E-state index contributed by atoms with van der Waals surface area (Å²) in [6, 6.07) is 12.6. The fourth-order valence-corrected chi connectivity index (χ4v) is 3.80. The first-order valence-electron chi connectivity index (χ1n) is 6.31. The third kappa shape index (κ3) is 2.54. The summed E-state index contributed by atoms with van der Waals surface area (Å²) >= 11 is 0. The van der Waals surface area contributed by atoms with E-state index in [0.717, 1.165) is 4.31 Å². The first kappa shape index (κ1) is 14.5. The van der Waals surface area contributed by atoms with Crippen LogP contribution in [-0.2, 0) is 10.0 Å². The molecule has 2 aromatic carbocycles. The monoisotopic (exact) mass is 293 g/mol. The van der Waals surface area contributed by atoms with Gasteiger partial charge in [0.1, 0.15) is 5.82 Å². The van der Waals surface area contributed by atoms with Gasteiger partial charge in [0.25, 0.3) is 10.0 Å². The maximum atomic E-state index is 13.9. The van der Waals surface area contributed by atoms with Crippen molar-refractivity contribution in [1.82, 2.24) is 0 Å². The van der Waals surface area contributed by atoms with E-state index in [-0.39, 0.29) is 17.1 Å². The van der Waals surface area contributed by atoms with Crippen LogP contribution in [0.25, 0.3) is 0 Å². The zero-order valence-corrected chi connectivity index (χ0v) is 12.2. The summed E-state index contributed by atoms with van der Waals surface area (Å²) < 4.78 is 40.3. The lowest BCUT2D eigenvalue weighted by Gasteiger charge is -2.24. The molecule has 0 N–H and O–H groups in total. The van der Waals surface area contributed by atoms with Crippen LogP contribution >= 0.6 is 0 Å². The second-order valence-electron chi connectivity index (χ2n) is 4.39. The molecule has 106 valence electrons. The molecule has 3 nitrogen and oxygen atoms in total. The number of anilines is 1. The van der Waals surface area contributed by atoms with Crippen LogP contribution < -0.4 is 4.31 Å². The summed E-state index contributed by atoms with van der Waals surface area (Å²) in [4.78, 5) is 0.199. The Morgan fingerprint density at radius 1 is 1.05 bits per heavy atom. The van der Waals surface area contributed by atoms with Crippen LogP contribution in [0.15, 0.2) is 53.4 Å². The maximum absolute atomic E-state index is 13.9. The summed E-state index contributed by atoms with van der Waals surface area (Å²) in [7, 11) is -3.76. The summed E-state index contributed by atoms with van der Waals surface area (Å²) in [6.07, 6.45) is 0. The van der Waals surface area contributed by atoms with Crippen molar-refractivity contribution in [3.63, 3.8) is 0 Å². The van der Waals surface area contributed by atoms with Crippen LogP contribution in [0.5, 0.6) is 0 Å². The van der Waals surface area contributed by atoms with E-state index < -0.39 is 15.8 Å². The predicted molar refractivity (Wildman–Crippen MR) is 77.8 cm³/mol. The SMILES string of the molecule is CCN(c1ccccc1F)S(=O)(=O)c1ccccc1C. The molecule has 0 heterocycles. The number of sulfonamides is 1. The average Bonchev–Trinajstić information content (AvgIpc) is 2.42. The van der Waals surface area contributed by atoms with Crippen LogP contribution in [0.1, 0.15) is 12.5 Å². The van der Waals surface area contributed by atoms with Crippen molar-refractivity contribution in [3.05, 3.63) is 59.9 Å². The number of aryl methyl sites for hydroxylation is 1. The van der Waals surface area contributed by atoms with E-state index in [1.165, 1.54) is 24.3 Å². The topological polar surface area (TPSA) is 37.4 Å². The standard InChI is InChI=1S/C15H16FNO2S/c1-3-17(14-10-6-5-9-13(14)16)20(18,19)15-11-7-4-8-12(15)2/h4-11H,3H2,1-2H3. The molecule has 0 atom stereocenters. The van der Waals surface area contributed by atoms with Gasteiger partial charge in [-0.25, -0.2) is 12.8 Å². The Labute approximate surface area is 118 Å². The van der Waals surface area contributed by atoms with E-state index in [4.69, 9.17) is 0 Å². The molecular formula is C15H16FNO2S. The summed E-state index contributed by atoms with van der Waals surface area (Å²) in [6.45, 7) is 3.57. The molecule has 0 unspecified atom stereocenters. The van der Waals surface area contributed by atoms with Crippen molar-refractivity contribution < 1.29 is 12.8 Å². The highest BCUT2D eigenvalue weighted by Crippen LogP contribution is 2.27. The molecule has 2 rings (SSSR count). The number of nitrogens with zero attached hydrogens (tertiary/aromatic N) is 1. The summed E-state index contributed by atoms with van der Waals surface area (Å²) in [5, 5.41) is 0. The highest BCUT2D eigenvalue weighted by molar-refractivity contribution is 7.92. The molecule has 0 amide bonds. The molecule has 0 fully saturated rings. The zero-order chi connectivity index (χ0) is 14.8. The van der Waals surface area contributed by atoms with Crippen molar-refractivity contribution in [3.8, 4) is 0 Å². The van der Waals surface area contributed by atoms with Gasteiger partial charge >= 0.3 is 0 Å². The molecule has 0 aliphatic rings. The predicted octanol–water partition coefficient (Wildman–Crippen LogP) is 3.35. The van der Waals surface area contributed by atoms with E-state index in [1.807, 2.05) is 0 Å². The Balaban J connectivity index is 2.58. The van der Waals surface area contributed by atoms with Gasteiger partial charge in [-0.15, -0.1) is 0 Å². The number of benzene rings is 2. The summed E-state index contributed by atoms with van der Waals surface area (Å²) in [5.74, 6) is -0.550. The number of para-hydroxylation sites is 1. The Morgan fingerprint density at radius 2 is 1.65 bits per heavy atom. The zero-order valence-electron chi connectivity index (χ0n) is 11.4. The van der Waals surface area contributed by atoms with E-state index in [0.29, 0.717) is 5.56 Å². The molecule has 0 aromatic heterocycles. The molecule has 0 saturated carbocycles. The molecule has 5 heteroatoms. The Hall–Kier alpha value is -1.88. The van der Waals surface area contributed by atoms with E-state index in [2.05, 4.69) is 0 Å². The van der Waals surface area contributed by atoms with Gasteiger partial charge in [-0.3, -0.25) is 4.31 Å². The molecular weight excluding hydrogens is 277 g/mol. The minimum atomic E-state index is -3.76. The van der Waals surface area contributed by atoms with Crippen LogP contribution in [0.4, 0.5) is 10.1 Å². The fraction of sp³-hybridized carbons (Fsp3) is 0.200. The lowest BCUT2D eigenvalue weighted by molar-refractivity contribution is 0.586. The number of rotatable bonds is 4. The molecule has 0 bridgehead atoms. The second kappa shape index (κ2) is 5.63. The van der Waals surface area contributed by atoms with Gasteiger partial charge in [0.2, 0.25) is 0 Å². The number of hydrogen-bond donors (Lipinski definition) is 0. The van der Waals surface area contributed by atoms with Gasteiger partial charge in [0.15, 0.2) is 0 Å². The van der Waals surface area contributed by atoms with Crippen molar-refractivity contribution in [1.29, 1.82) is 0 Å². The first-order valence-corrected chi connectivity index (χ1v) is 7.75. The lowest BCUT2D eigenvalue weighted by atomic mass is 10.2. The minimum absolute atomic E-state index is 0.0678. The molecule has 2 aromatic rings. The van der Waals surface area contributed by atoms with Crippen molar-refractivity contribution in [2.45, 2.75) is 18.7 Å². The van der Waals surface area contributed by atoms with Gasteiger partial charge in [-0.05, 0) is 37.6 Å². The van der Waals surface area contributed by atoms with E-state index >= 15 is 0 Å². The molecule has 0 radical (unpaired) electrons. The van der Waals surface area contributed by atoms with Gasteiger partial charge in [0.05, 0.1) is 10.6 Å². The van der Waals surface area contributed by atoms with Crippen LogP contribution in [0.3, 0.4) is 0 Å². The van der Waals surface area contributed by atoms with Crippen LogP contribution in [0, 0.1) is 12.7 Å². The van der Waals surface area contributed by atoms with Crippen molar-refractivity contribution in [2.75, 3.05) is 10.8 Å². The second-order valence-corrected chi connectivity index (χ2v) is 6.22. The Morgan fingerprint density at radius 3 is 2.25 bits per heavy atom. The van der Waals surface area contributed by atoms with E-state index in [1.54, 1.807) is 38.1 Å². The normalized spacial score (nSPS) is 11.3. The average molecular weight is 293 g/mol. The first-order chi connectivity index (χ1) is 9.48. The fourth-order valence-electron chi connectivity index (χ4n) is 2.09. The highest BCUT2D eigenvalue weighted by Gasteiger charge is 2.26. The largest absolute Gasteiger partial charge is 0.264 e. The quantitative estimate of drug-likeness (QED) is 0.867. The van der Waals surface area contributed by atoms with E-state index in [9.17, 15) is 12.8 Å². The van der Waals surface area contributed by atoms with Crippen LogP contribution in [0.2, 0.25) is 0 Å². The minimum Gasteiger partial charge on any atom is -0.264 e. The molecule has 0 aliphatic heterocycles. The molecule has 0 saturated heterocycles. The van der Waals surface area contributed by atoms with Crippen LogP contribution in [-0.4, -0.2) is 15.0 Å². The van der Waals surface area contributed by atoms with Crippen molar-refractivity contribution in [2.24, 2.45) is 0 Å². The van der Waals surface area contributed by atoms with Gasteiger partial charge < -0.3 is 0 Å². The number of hydrogen-bond acceptors (Lipinski definition) is 2. The van der Waals surface area contributed by atoms with Gasteiger partial charge in [-0.2, -0.15) is 0 Å². The molecule has 20 heavy (non-hydrogen) atoms. The molecule has 0 spiro atoms. The third-order valence-electron chi connectivity index (χ3n) is 3.07. The Kier molecular flexibility index (Phi) is 4.09. The molecule has 0 aliphatic carbocycles.